The minimum Gasteiger partial charge on any atom is -0.489 e. The summed E-state index contributed by atoms with van der Waals surface area (Å²) in [7, 11) is 0. The topological polar surface area (TPSA) is 77.3 Å². The van der Waals surface area contributed by atoms with Crippen molar-refractivity contribution in [3.05, 3.63) is 28.6 Å². The van der Waals surface area contributed by atoms with E-state index in [1.54, 1.807) is 6.07 Å². The fraction of sp³-hybridized carbons (Fsp3) is 0.571. The first kappa shape index (κ1) is 20.1. The molecule has 2 aromatic rings. The van der Waals surface area contributed by atoms with Crippen LogP contribution in [-0.4, -0.2) is 18.2 Å². The first-order chi connectivity index (χ1) is 12.7. The van der Waals surface area contributed by atoms with E-state index in [9.17, 15) is 4.79 Å². The van der Waals surface area contributed by atoms with Crippen LogP contribution >= 0.6 is 0 Å². The van der Waals surface area contributed by atoms with Gasteiger partial charge in [0.1, 0.15) is 0 Å². The highest BCUT2D eigenvalue weighted by molar-refractivity contribution is 5.89. The van der Waals surface area contributed by atoms with Gasteiger partial charge in [-0.1, -0.05) is 52.4 Å². The molecule has 0 unspecified atom stereocenters. The second kappa shape index (κ2) is 10.7. The minimum absolute atomic E-state index is 0.263. The van der Waals surface area contributed by atoms with Gasteiger partial charge in [-0.25, -0.2) is 0 Å². The molecular weight excluding hydrogens is 328 g/mol. The monoisotopic (exact) mass is 360 g/mol. The number of H-pyrrole nitrogens is 1. The SMILES string of the molecule is CCCCCCCCOc1c(OCCCC)c2ccc(N)cc2[nH]c1=O. The van der Waals surface area contributed by atoms with Gasteiger partial charge in [0.2, 0.25) is 5.75 Å². The van der Waals surface area contributed by atoms with Gasteiger partial charge in [0.25, 0.3) is 5.56 Å². The van der Waals surface area contributed by atoms with Crippen LogP contribution in [0.5, 0.6) is 11.5 Å². The Morgan fingerprint density at radius 1 is 0.885 bits per heavy atom. The third-order valence-corrected chi connectivity index (χ3v) is 4.44. The Balaban J connectivity index is 2.12. The molecule has 5 heteroatoms. The van der Waals surface area contributed by atoms with Crippen LogP contribution in [0.1, 0.15) is 65.2 Å². The van der Waals surface area contributed by atoms with Crippen molar-refractivity contribution in [3.63, 3.8) is 0 Å². The lowest BCUT2D eigenvalue weighted by Gasteiger charge is -2.14. The van der Waals surface area contributed by atoms with Crippen molar-refractivity contribution in [2.45, 2.75) is 65.2 Å². The summed E-state index contributed by atoms with van der Waals surface area (Å²) >= 11 is 0. The van der Waals surface area contributed by atoms with E-state index < -0.39 is 0 Å². The molecule has 3 N–H and O–H groups in total. The molecular formula is C21H32N2O3. The van der Waals surface area contributed by atoms with E-state index in [1.165, 1.54) is 25.7 Å². The molecule has 1 aromatic carbocycles. The Bertz CT molecular complexity index is 740. The van der Waals surface area contributed by atoms with Crippen molar-refractivity contribution >= 4 is 16.6 Å². The Kier molecular flexibility index (Phi) is 8.32. The zero-order valence-corrected chi connectivity index (χ0v) is 16.1. The number of ether oxygens (including phenoxy) is 2. The van der Waals surface area contributed by atoms with E-state index in [0.29, 0.717) is 30.2 Å². The normalized spacial score (nSPS) is 11.0. The van der Waals surface area contributed by atoms with Crippen molar-refractivity contribution < 1.29 is 9.47 Å². The lowest BCUT2D eigenvalue weighted by atomic mass is 10.1. The fourth-order valence-corrected chi connectivity index (χ4v) is 2.92. The number of aromatic amines is 1. The maximum Gasteiger partial charge on any atom is 0.294 e. The van der Waals surface area contributed by atoms with Crippen molar-refractivity contribution in [2.75, 3.05) is 18.9 Å². The number of fused-ring (bicyclic) bond motifs is 1. The highest BCUT2D eigenvalue weighted by Crippen LogP contribution is 2.32. The zero-order chi connectivity index (χ0) is 18.8. The number of benzene rings is 1. The molecule has 0 bridgehead atoms. The van der Waals surface area contributed by atoms with Crippen LogP contribution in [0, 0.1) is 0 Å². The average molecular weight is 360 g/mol. The maximum absolute atomic E-state index is 12.5. The first-order valence-electron chi connectivity index (χ1n) is 9.88. The van der Waals surface area contributed by atoms with Gasteiger partial charge in [0, 0.05) is 11.1 Å². The van der Waals surface area contributed by atoms with E-state index in [0.717, 1.165) is 31.1 Å². The largest absolute Gasteiger partial charge is 0.489 e. The lowest BCUT2D eigenvalue weighted by Crippen LogP contribution is -2.15. The molecule has 2 rings (SSSR count). The van der Waals surface area contributed by atoms with Gasteiger partial charge < -0.3 is 20.2 Å². The number of nitrogen functional groups attached to an aromatic ring is 1. The molecule has 0 aliphatic carbocycles. The average Bonchev–Trinajstić information content (AvgIpc) is 2.62. The summed E-state index contributed by atoms with van der Waals surface area (Å²) in [5.41, 5.74) is 6.85. The molecule has 0 atom stereocenters. The smallest absolute Gasteiger partial charge is 0.294 e. The molecule has 0 aliphatic rings. The predicted octanol–water partition coefficient (Wildman–Crippen LogP) is 5.03. The Hall–Kier alpha value is -2.17. The van der Waals surface area contributed by atoms with Gasteiger partial charge in [0.15, 0.2) is 5.75 Å². The van der Waals surface area contributed by atoms with E-state index >= 15 is 0 Å². The number of unbranched alkanes of at least 4 members (excludes halogenated alkanes) is 6. The lowest BCUT2D eigenvalue weighted by molar-refractivity contribution is 0.259. The number of hydrogen-bond donors (Lipinski definition) is 2. The Morgan fingerprint density at radius 3 is 2.31 bits per heavy atom. The van der Waals surface area contributed by atoms with E-state index in [4.69, 9.17) is 15.2 Å². The molecule has 1 aromatic heterocycles. The van der Waals surface area contributed by atoms with Gasteiger partial charge in [-0.15, -0.1) is 0 Å². The molecule has 0 spiro atoms. The summed E-state index contributed by atoms with van der Waals surface area (Å²) in [5.74, 6) is 0.815. The van der Waals surface area contributed by atoms with Crippen molar-refractivity contribution in [1.82, 2.24) is 4.98 Å². The van der Waals surface area contributed by atoms with Gasteiger partial charge >= 0.3 is 0 Å². The number of aromatic nitrogens is 1. The highest BCUT2D eigenvalue weighted by Gasteiger charge is 2.16. The van der Waals surface area contributed by atoms with Crippen LogP contribution in [0.4, 0.5) is 5.69 Å². The van der Waals surface area contributed by atoms with Crippen LogP contribution < -0.4 is 20.8 Å². The third-order valence-electron chi connectivity index (χ3n) is 4.44. The van der Waals surface area contributed by atoms with Crippen molar-refractivity contribution in [3.8, 4) is 11.5 Å². The van der Waals surface area contributed by atoms with Crippen LogP contribution in [0.2, 0.25) is 0 Å². The Morgan fingerprint density at radius 2 is 1.54 bits per heavy atom. The van der Waals surface area contributed by atoms with Crippen LogP contribution in [0.25, 0.3) is 10.9 Å². The molecule has 0 fully saturated rings. The molecule has 0 radical (unpaired) electrons. The van der Waals surface area contributed by atoms with Crippen LogP contribution in [0.15, 0.2) is 23.0 Å². The number of rotatable bonds is 12. The number of hydrogen-bond acceptors (Lipinski definition) is 4. The summed E-state index contributed by atoms with van der Waals surface area (Å²) in [4.78, 5) is 15.4. The summed E-state index contributed by atoms with van der Waals surface area (Å²) in [5, 5.41) is 0.827. The Labute approximate surface area is 155 Å². The van der Waals surface area contributed by atoms with E-state index in [2.05, 4.69) is 18.8 Å². The third kappa shape index (κ3) is 5.68. The zero-order valence-electron chi connectivity index (χ0n) is 16.1. The molecule has 144 valence electrons. The maximum atomic E-state index is 12.5. The van der Waals surface area contributed by atoms with E-state index in [-0.39, 0.29) is 11.3 Å². The van der Waals surface area contributed by atoms with Gasteiger partial charge in [0.05, 0.1) is 18.7 Å². The van der Waals surface area contributed by atoms with Crippen LogP contribution in [-0.2, 0) is 0 Å². The second-order valence-electron chi connectivity index (χ2n) is 6.74. The van der Waals surface area contributed by atoms with E-state index in [1.807, 2.05) is 12.1 Å². The molecule has 26 heavy (non-hydrogen) atoms. The van der Waals surface area contributed by atoms with Gasteiger partial charge in [-0.05, 0) is 31.0 Å². The summed E-state index contributed by atoms with van der Waals surface area (Å²) in [6, 6.07) is 5.44. The van der Waals surface area contributed by atoms with Gasteiger partial charge in [-0.2, -0.15) is 0 Å². The first-order valence-corrected chi connectivity index (χ1v) is 9.88. The molecule has 0 amide bonds. The molecule has 0 aliphatic heterocycles. The molecule has 1 heterocycles. The quantitative estimate of drug-likeness (QED) is 0.411. The van der Waals surface area contributed by atoms with Gasteiger partial charge in [-0.3, -0.25) is 4.79 Å². The van der Waals surface area contributed by atoms with Crippen molar-refractivity contribution in [1.29, 1.82) is 0 Å². The summed E-state index contributed by atoms with van der Waals surface area (Å²) in [6.07, 6.45) is 9.02. The number of nitrogens with two attached hydrogens (primary N) is 1. The molecule has 5 nitrogen and oxygen atoms in total. The minimum atomic E-state index is -0.263. The number of pyridine rings is 1. The summed E-state index contributed by atoms with van der Waals surface area (Å²) in [6.45, 7) is 5.41. The fourth-order valence-electron chi connectivity index (χ4n) is 2.92. The number of nitrogens with one attached hydrogen (secondary N) is 1. The summed E-state index contributed by atoms with van der Waals surface area (Å²) < 4.78 is 11.8. The van der Waals surface area contributed by atoms with Crippen LogP contribution in [0.3, 0.4) is 0 Å². The van der Waals surface area contributed by atoms with Crippen molar-refractivity contribution in [2.24, 2.45) is 0 Å². The second-order valence-corrected chi connectivity index (χ2v) is 6.74. The molecule has 0 saturated heterocycles. The predicted molar refractivity (Wildman–Crippen MR) is 108 cm³/mol. The standard InChI is InChI=1S/C21H32N2O3/c1-3-5-7-8-9-10-14-26-20-19(25-13-6-4-2)17-12-11-16(22)15-18(17)23-21(20)24/h11-12,15H,3-10,13-14,22H2,1-2H3,(H,23,24). The molecule has 0 saturated carbocycles. The number of anilines is 1. The highest BCUT2D eigenvalue weighted by atomic mass is 16.5.